The Morgan fingerprint density at radius 3 is 2.38 bits per heavy atom. The van der Waals surface area contributed by atoms with Crippen LogP contribution < -0.4 is 0 Å². The molecule has 0 bridgehead atoms. The van der Waals surface area contributed by atoms with Crippen LogP contribution in [-0.4, -0.2) is 41.7 Å². The standard InChI is InChI=1S/C21H19F5N2O/c22-14-9-17(23)21(18(24)10-14)19(29)11-16-3-1-2-15(27-16)8-13-4-6-28(7-5-13)12-20(25)26/h1-3,8-10,20H,4-7,11-12H2. The molecule has 1 saturated heterocycles. The maximum absolute atomic E-state index is 13.8. The molecule has 2 heterocycles. The lowest BCUT2D eigenvalue weighted by Gasteiger charge is -2.27. The van der Waals surface area contributed by atoms with Crippen molar-refractivity contribution in [2.45, 2.75) is 25.7 Å². The van der Waals surface area contributed by atoms with Crippen LogP contribution in [-0.2, 0) is 6.42 Å². The van der Waals surface area contributed by atoms with Gasteiger partial charge < -0.3 is 0 Å². The number of carbonyl (C=O) groups excluding carboxylic acids is 1. The molecule has 3 rings (SSSR count). The average molecular weight is 410 g/mol. The molecule has 1 aliphatic rings. The van der Waals surface area contributed by atoms with E-state index in [9.17, 15) is 26.7 Å². The summed E-state index contributed by atoms with van der Waals surface area (Å²) < 4.78 is 65.5. The molecule has 1 aromatic heterocycles. The van der Waals surface area contributed by atoms with Gasteiger partial charge in [0.25, 0.3) is 6.43 Å². The van der Waals surface area contributed by atoms with Gasteiger partial charge in [0.1, 0.15) is 17.5 Å². The molecule has 154 valence electrons. The van der Waals surface area contributed by atoms with Crippen molar-refractivity contribution in [2.75, 3.05) is 19.6 Å². The summed E-state index contributed by atoms with van der Waals surface area (Å²) in [5, 5.41) is 0. The first-order valence-corrected chi connectivity index (χ1v) is 9.15. The minimum absolute atomic E-state index is 0.236. The van der Waals surface area contributed by atoms with Gasteiger partial charge in [0.05, 0.1) is 24.2 Å². The molecule has 0 saturated carbocycles. The Bertz CT molecular complexity index is 896. The third-order valence-electron chi connectivity index (χ3n) is 4.70. The molecule has 29 heavy (non-hydrogen) atoms. The van der Waals surface area contributed by atoms with Gasteiger partial charge in [-0.2, -0.15) is 0 Å². The van der Waals surface area contributed by atoms with Crippen molar-refractivity contribution in [1.82, 2.24) is 9.88 Å². The Labute approximate surface area is 164 Å². The van der Waals surface area contributed by atoms with E-state index in [1.165, 1.54) is 0 Å². The lowest BCUT2D eigenvalue weighted by atomic mass is 10.0. The van der Waals surface area contributed by atoms with Crippen molar-refractivity contribution in [3.05, 3.63) is 70.3 Å². The lowest BCUT2D eigenvalue weighted by Crippen LogP contribution is -2.34. The molecule has 0 aliphatic carbocycles. The molecule has 3 nitrogen and oxygen atoms in total. The van der Waals surface area contributed by atoms with E-state index in [1.54, 1.807) is 23.1 Å². The lowest BCUT2D eigenvalue weighted by molar-refractivity contribution is 0.0845. The van der Waals surface area contributed by atoms with E-state index in [0.29, 0.717) is 49.5 Å². The molecule has 1 aromatic carbocycles. The zero-order chi connectivity index (χ0) is 21.0. The van der Waals surface area contributed by atoms with Crippen LogP contribution in [0.1, 0.15) is 34.6 Å². The highest BCUT2D eigenvalue weighted by atomic mass is 19.3. The zero-order valence-corrected chi connectivity index (χ0v) is 15.5. The third kappa shape index (κ3) is 5.69. The first-order valence-electron chi connectivity index (χ1n) is 9.15. The Kier molecular flexibility index (Phi) is 6.74. The number of Topliss-reactive ketones (excluding diaryl/α,β-unsaturated/α-hetero) is 1. The van der Waals surface area contributed by atoms with Crippen LogP contribution in [0.15, 0.2) is 35.9 Å². The van der Waals surface area contributed by atoms with Crippen LogP contribution >= 0.6 is 0 Å². The Morgan fingerprint density at radius 2 is 1.76 bits per heavy atom. The smallest absolute Gasteiger partial charge is 0.251 e. The second-order valence-electron chi connectivity index (χ2n) is 6.89. The van der Waals surface area contributed by atoms with Crippen molar-refractivity contribution >= 4 is 11.9 Å². The van der Waals surface area contributed by atoms with Gasteiger partial charge in [0.2, 0.25) is 0 Å². The Hall–Kier alpha value is -2.61. The van der Waals surface area contributed by atoms with E-state index in [0.717, 1.165) is 5.57 Å². The Morgan fingerprint density at radius 1 is 1.10 bits per heavy atom. The minimum Gasteiger partial charge on any atom is -0.297 e. The first-order chi connectivity index (χ1) is 13.8. The highest BCUT2D eigenvalue weighted by Crippen LogP contribution is 2.20. The molecule has 0 atom stereocenters. The molecular weight excluding hydrogens is 391 g/mol. The largest absolute Gasteiger partial charge is 0.297 e. The molecule has 1 fully saturated rings. The van der Waals surface area contributed by atoms with E-state index in [4.69, 9.17) is 0 Å². The number of pyridine rings is 1. The van der Waals surface area contributed by atoms with Gasteiger partial charge >= 0.3 is 0 Å². The second kappa shape index (κ2) is 9.26. The predicted octanol–water partition coefficient (Wildman–Crippen LogP) is 4.67. The summed E-state index contributed by atoms with van der Waals surface area (Å²) in [4.78, 5) is 18.3. The molecular formula is C21H19F5N2O. The number of carbonyl (C=O) groups is 1. The van der Waals surface area contributed by atoms with Gasteiger partial charge in [0.15, 0.2) is 5.78 Å². The number of aromatic nitrogens is 1. The normalized spacial score (nSPS) is 15.0. The van der Waals surface area contributed by atoms with E-state index in [-0.39, 0.29) is 13.0 Å². The monoisotopic (exact) mass is 410 g/mol. The minimum atomic E-state index is -2.35. The number of alkyl halides is 2. The maximum Gasteiger partial charge on any atom is 0.251 e. The van der Waals surface area contributed by atoms with Crippen LogP contribution in [0.25, 0.3) is 6.08 Å². The van der Waals surface area contributed by atoms with Crippen LogP contribution in [0, 0.1) is 17.5 Å². The summed E-state index contributed by atoms with van der Waals surface area (Å²) in [7, 11) is 0. The van der Waals surface area contributed by atoms with Crippen molar-refractivity contribution in [3.8, 4) is 0 Å². The molecule has 0 amide bonds. The molecule has 0 radical (unpaired) electrons. The molecule has 1 aliphatic heterocycles. The Balaban J connectivity index is 1.68. The summed E-state index contributed by atoms with van der Waals surface area (Å²) in [6.07, 6.45) is 0.436. The zero-order valence-electron chi connectivity index (χ0n) is 15.5. The van der Waals surface area contributed by atoms with E-state index < -0.39 is 35.2 Å². The number of hydrogen-bond acceptors (Lipinski definition) is 3. The number of rotatable bonds is 6. The van der Waals surface area contributed by atoms with Gasteiger partial charge in [-0.25, -0.2) is 22.0 Å². The van der Waals surface area contributed by atoms with Gasteiger partial charge in [-0.15, -0.1) is 0 Å². The van der Waals surface area contributed by atoms with Crippen LogP contribution in [0.3, 0.4) is 0 Å². The van der Waals surface area contributed by atoms with Gasteiger partial charge in [0, 0.05) is 30.9 Å². The summed E-state index contributed by atoms with van der Waals surface area (Å²) in [5.41, 5.74) is 1.17. The molecule has 2 aromatic rings. The van der Waals surface area contributed by atoms with Crippen molar-refractivity contribution in [1.29, 1.82) is 0 Å². The van der Waals surface area contributed by atoms with Crippen molar-refractivity contribution in [3.63, 3.8) is 0 Å². The fourth-order valence-corrected chi connectivity index (χ4v) is 3.31. The second-order valence-corrected chi connectivity index (χ2v) is 6.89. The van der Waals surface area contributed by atoms with Gasteiger partial charge in [-0.1, -0.05) is 11.6 Å². The summed E-state index contributed by atoms with van der Waals surface area (Å²) in [6, 6.07) is 5.89. The number of hydrogen-bond donors (Lipinski definition) is 0. The molecule has 0 unspecified atom stereocenters. The van der Waals surface area contributed by atoms with Gasteiger partial charge in [-0.05, 0) is 31.1 Å². The summed E-state index contributed by atoms with van der Waals surface area (Å²) in [6.45, 7) is 0.842. The number of benzene rings is 1. The van der Waals surface area contributed by atoms with E-state index in [2.05, 4.69) is 4.98 Å². The number of nitrogens with zero attached hydrogens (tertiary/aromatic N) is 2. The fraction of sp³-hybridized carbons (Fsp3) is 0.333. The molecule has 8 heteroatoms. The van der Waals surface area contributed by atoms with Crippen LogP contribution in [0.4, 0.5) is 22.0 Å². The van der Waals surface area contributed by atoms with Crippen LogP contribution in [0.2, 0.25) is 0 Å². The average Bonchev–Trinajstić information content (AvgIpc) is 2.62. The number of likely N-dealkylation sites (tertiary alicyclic amines) is 1. The highest BCUT2D eigenvalue weighted by molar-refractivity contribution is 5.97. The summed E-state index contributed by atoms with van der Waals surface area (Å²) >= 11 is 0. The highest BCUT2D eigenvalue weighted by Gasteiger charge is 2.20. The van der Waals surface area contributed by atoms with Crippen LogP contribution in [0.5, 0.6) is 0 Å². The topological polar surface area (TPSA) is 33.2 Å². The quantitative estimate of drug-likeness (QED) is 0.513. The third-order valence-corrected chi connectivity index (χ3v) is 4.70. The maximum atomic E-state index is 13.8. The first kappa shape index (κ1) is 21.1. The van der Waals surface area contributed by atoms with E-state index in [1.807, 2.05) is 6.08 Å². The molecule has 0 spiro atoms. The van der Waals surface area contributed by atoms with Gasteiger partial charge in [-0.3, -0.25) is 14.7 Å². The van der Waals surface area contributed by atoms with Crippen molar-refractivity contribution < 1.29 is 26.7 Å². The predicted molar refractivity (Wildman–Crippen MR) is 98.2 cm³/mol. The van der Waals surface area contributed by atoms with Crippen molar-refractivity contribution in [2.24, 2.45) is 0 Å². The number of piperidine rings is 1. The molecule has 0 N–H and O–H groups in total. The SMILES string of the molecule is O=C(Cc1cccc(C=C2CCN(CC(F)F)CC2)n1)c1c(F)cc(F)cc1F. The number of halogens is 5. The number of ketones is 1. The fourth-order valence-electron chi connectivity index (χ4n) is 3.31. The summed E-state index contributed by atoms with van der Waals surface area (Å²) in [5.74, 6) is -4.43. The van der Waals surface area contributed by atoms with E-state index >= 15 is 0 Å².